The fraction of sp³-hybridized carbons (Fsp3) is 0.435. The molecule has 0 fully saturated rings. The zero-order chi connectivity index (χ0) is 20.2. The van der Waals surface area contributed by atoms with Crippen LogP contribution in [0.4, 0.5) is 0 Å². The first-order chi connectivity index (χ1) is 12.6. The molecule has 2 rings (SSSR count). The lowest BCUT2D eigenvalue weighted by molar-refractivity contribution is 0.0600. The highest BCUT2D eigenvalue weighted by atomic mass is 79.9. The second kappa shape index (κ2) is 8.92. The van der Waals surface area contributed by atoms with E-state index in [4.69, 9.17) is 9.47 Å². The van der Waals surface area contributed by atoms with E-state index in [-0.39, 0.29) is 17.5 Å². The number of halogens is 1. The lowest BCUT2D eigenvalue weighted by Gasteiger charge is -2.25. The van der Waals surface area contributed by atoms with Crippen molar-refractivity contribution in [2.75, 3.05) is 7.11 Å². The predicted molar refractivity (Wildman–Crippen MR) is 113 cm³/mol. The van der Waals surface area contributed by atoms with E-state index in [0.717, 1.165) is 39.8 Å². The molecule has 0 aromatic heterocycles. The fourth-order valence-corrected chi connectivity index (χ4v) is 3.18. The molecule has 0 saturated heterocycles. The van der Waals surface area contributed by atoms with Crippen LogP contribution in [0.5, 0.6) is 5.75 Å². The van der Waals surface area contributed by atoms with Gasteiger partial charge < -0.3 is 9.47 Å². The molecule has 0 bridgehead atoms. The number of aryl methyl sites for hydroxylation is 2. The first kappa shape index (κ1) is 21.5. The van der Waals surface area contributed by atoms with Crippen LogP contribution in [0.15, 0.2) is 40.9 Å². The van der Waals surface area contributed by atoms with Crippen molar-refractivity contribution in [2.45, 2.75) is 53.6 Å². The van der Waals surface area contributed by atoms with Crippen LogP contribution < -0.4 is 4.74 Å². The molecule has 1 unspecified atom stereocenters. The van der Waals surface area contributed by atoms with E-state index in [2.05, 4.69) is 62.7 Å². The van der Waals surface area contributed by atoms with Crippen molar-refractivity contribution >= 4 is 21.9 Å². The maximum Gasteiger partial charge on any atom is 0.337 e. The molecular formula is C23H29BrO3. The van der Waals surface area contributed by atoms with Crippen LogP contribution in [0, 0.1) is 19.3 Å². The minimum absolute atomic E-state index is 0.0732. The Hall–Kier alpha value is -1.81. The monoisotopic (exact) mass is 432 g/mol. The molecule has 0 saturated carbocycles. The molecule has 2 aromatic carbocycles. The number of carbonyl (C=O) groups excluding carboxylic acids is 1. The van der Waals surface area contributed by atoms with Crippen LogP contribution in [0.3, 0.4) is 0 Å². The fourth-order valence-electron chi connectivity index (χ4n) is 2.95. The summed E-state index contributed by atoms with van der Waals surface area (Å²) in [5.41, 5.74) is 4.14. The zero-order valence-corrected chi connectivity index (χ0v) is 18.6. The summed E-state index contributed by atoms with van der Waals surface area (Å²) >= 11 is 3.61. The molecule has 4 heteroatoms. The molecular weight excluding hydrogens is 404 g/mol. The molecule has 0 heterocycles. The van der Waals surface area contributed by atoms with Crippen molar-refractivity contribution in [3.8, 4) is 5.75 Å². The van der Waals surface area contributed by atoms with Crippen LogP contribution in [0.1, 0.15) is 66.8 Å². The number of carbonyl (C=O) groups is 1. The molecule has 3 nitrogen and oxygen atoms in total. The van der Waals surface area contributed by atoms with Crippen molar-refractivity contribution < 1.29 is 14.3 Å². The van der Waals surface area contributed by atoms with Crippen LogP contribution in [0.25, 0.3) is 0 Å². The van der Waals surface area contributed by atoms with Gasteiger partial charge in [0.1, 0.15) is 11.9 Å². The van der Waals surface area contributed by atoms with Gasteiger partial charge in [-0.2, -0.15) is 0 Å². The van der Waals surface area contributed by atoms with Gasteiger partial charge >= 0.3 is 5.97 Å². The molecule has 0 aliphatic heterocycles. The van der Waals surface area contributed by atoms with E-state index in [1.165, 1.54) is 7.11 Å². The van der Waals surface area contributed by atoms with Gasteiger partial charge in [0.05, 0.1) is 12.7 Å². The van der Waals surface area contributed by atoms with Gasteiger partial charge in [0.2, 0.25) is 0 Å². The summed E-state index contributed by atoms with van der Waals surface area (Å²) in [5, 5.41) is 0. The zero-order valence-electron chi connectivity index (χ0n) is 17.1. The number of ether oxygens (including phenoxy) is 2. The number of hydrogen-bond acceptors (Lipinski definition) is 3. The van der Waals surface area contributed by atoms with Gasteiger partial charge in [0, 0.05) is 4.47 Å². The average molecular weight is 433 g/mol. The molecule has 2 aromatic rings. The Bertz CT molecular complexity index is 765. The quantitative estimate of drug-likeness (QED) is 0.470. The Morgan fingerprint density at radius 2 is 1.63 bits per heavy atom. The first-order valence-corrected chi connectivity index (χ1v) is 10.0. The standard InChI is InChI=1S/C23H29BrO3/c1-15-13-19(14-16(2)21(15)24)27-20(11-12-23(3,4)5)17-7-9-18(10-8-17)22(25)26-6/h7-10,13-14,20H,11-12H2,1-6H3. The SMILES string of the molecule is COC(=O)c1ccc(C(CCC(C)(C)C)Oc2cc(C)c(Br)c(C)c2)cc1. The molecule has 0 amide bonds. The Morgan fingerprint density at radius 1 is 1.07 bits per heavy atom. The van der Waals surface area contributed by atoms with Crippen molar-refractivity contribution in [1.29, 1.82) is 0 Å². The molecule has 0 spiro atoms. The largest absolute Gasteiger partial charge is 0.486 e. The summed E-state index contributed by atoms with van der Waals surface area (Å²) in [6, 6.07) is 11.6. The minimum Gasteiger partial charge on any atom is -0.486 e. The van der Waals surface area contributed by atoms with Crippen molar-refractivity contribution in [1.82, 2.24) is 0 Å². The van der Waals surface area contributed by atoms with Gasteiger partial charge in [0.15, 0.2) is 0 Å². The minimum atomic E-state index is -0.326. The van der Waals surface area contributed by atoms with Crippen LogP contribution in [0.2, 0.25) is 0 Å². The lowest BCUT2D eigenvalue weighted by Crippen LogP contribution is -2.13. The summed E-state index contributed by atoms with van der Waals surface area (Å²) in [4.78, 5) is 11.7. The van der Waals surface area contributed by atoms with E-state index in [1.54, 1.807) is 12.1 Å². The van der Waals surface area contributed by atoms with E-state index < -0.39 is 0 Å². The third-order valence-electron chi connectivity index (χ3n) is 4.55. The van der Waals surface area contributed by atoms with E-state index in [1.807, 2.05) is 12.1 Å². The molecule has 0 radical (unpaired) electrons. The summed E-state index contributed by atoms with van der Waals surface area (Å²) in [6.45, 7) is 10.8. The molecule has 0 N–H and O–H groups in total. The van der Waals surface area contributed by atoms with Gasteiger partial charge in [-0.15, -0.1) is 0 Å². The molecule has 0 aliphatic carbocycles. The number of benzene rings is 2. The average Bonchev–Trinajstić information content (AvgIpc) is 2.61. The number of methoxy groups -OCH3 is 1. The van der Waals surface area contributed by atoms with Crippen LogP contribution >= 0.6 is 15.9 Å². The van der Waals surface area contributed by atoms with E-state index in [9.17, 15) is 4.79 Å². The Kier molecular flexibility index (Phi) is 7.10. The van der Waals surface area contributed by atoms with E-state index >= 15 is 0 Å². The summed E-state index contributed by atoms with van der Waals surface area (Å²) < 4.78 is 12.3. The maximum absolute atomic E-state index is 11.7. The van der Waals surface area contributed by atoms with Crippen LogP contribution in [-0.2, 0) is 4.74 Å². The van der Waals surface area contributed by atoms with Gasteiger partial charge in [-0.05, 0) is 73.1 Å². The van der Waals surface area contributed by atoms with Crippen molar-refractivity contribution in [3.63, 3.8) is 0 Å². The smallest absolute Gasteiger partial charge is 0.337 e. The maximum atomic E-state index is 11.7. The highest BCUT2D eigenvalue weighted by Crippen LogP contribution is 2.34. The molecule has 27 heavy (non-hydrogen) atoms. The van der Waals surface area contributed by atoms with Crippen molar-refractivity contribution in [2.24, 2.45) is 5.41 Å². The molecule has 146 valence electrons. The summed E-state index contributed by atoms with van der Waals surface area (Å²) in [6.07, 6.45) is 1.86. The molecule has 0 aliphatic rings. The third kappa shape index (κ3) is 6.10. The normalized spacial score (nSPS) is 12.6. The van der Waals surface area contributed by atoms with Crippen molar-refractivity contribution in [3.05, 3.63) is 63.1 Å². The predicted octanol–water partition coefficient (Wildman–Crippen LogP) is 6.80. The lowest BCUT2D eigenvalue weighted by atomic mass is 9.88. The van der Waals surface area contributed by atoms with Gasteiger partial charge in [-0.25, -0.2) is 4.79 Å². The second-order valence-electron chi connectivity index (χ2n) is 8.19. The highest BCUT2D eigenvalue weighted by Gasteiger charge is 2.20. The number of esters is 1. The Labute approximate surface area is 171 Å². The third-order valence-corrected chi connectivity index (χ3v) is 5.80. The topological polar surface area (TPSA) is 35.5 Å². The summed E-state index contributed by atoms with van der Waals surface area (Å²) in [7, 11) is 1.39. The first-order valence-electron chi connectivity index (χ1n) is 9.22. The Balaban J connectivity index is 2.29. The summed E-state index contributed by atoms with van der Waals surface area (Å²) in [5.74, 6) is 0.539. The number of hydrogen-bond donors (Lipinski definition) is 0. The number of rotatable bonds is 6. The highest BCUT2D eigenvalue weighted by molar-refractivity contribution is 9.10. The van der Waals surface area contributed by atoms with Gasteiger partial charge in [0.25, 0.3) is 0 Å². The Morgan fingerprint density at radius 3 is 2.11 bits per heavy atom. The molecule has 1 atom stereocenters. The van der Waals surface area contributed by atoms with E-state index in [0.29, 0.717) is 5.56 Å². The van der Waals surface area contributed by atoms with Crippen LogP contribution in [-0.4, -0.2) is 13.1 Å². The second-order valence-corrected chi connectivity index (χ2v) is 8.98. The van der Waals surface area contributed by atoms with Gasteiger partial charge in [-0.3, -0.25) is 0 Å². The van der Waals surface area contributed by atoms with Gasteiger partial charge in [-0.1, -0.05) is 48.8 Å².